The number of hydrogen-bond donors (Lipinski definition) is 1. The number of nitrogens with zero attached hydrogens (tertiary/aromatic N) is 2. The minimum absolute atomic E-state index is 0.585. The lowest BCUT2D eigenvalue weighted by Crippen LogP contribution is -2.46. The Labute approximate surface area is 94.6 Å². The standard InChI is InChI=1S/C12H27N3/c1-4-11(2)12(10-13)15-7-5-6-14(3)8-9-15/h11-12H,4-10,13H2,1-3H3. The molecule has 2 unspecified atom stereocenters. The third-order valence-electron chi connectivity index (χ3n) is 3.77. The maximum absolute atomic E-state index is 5.91. The normalized spacial score (nSPS) is 24.8. The van der Waals surface area contributed by atoms with Crippen molar-refractivity contribution in [2.24, 2.45) is 11.7 Å². The van der Waals surface area contributed by atoms with Gasteiger partial charge in [0, 0.05) is 25.7 Å². The van der Waals surface area contributed by atoms with Gasteiger partial charge in [0.25, 0.3) is 0 Å². The molecule has 1 aliphatic rings. The molecule has 0 aromatic carbocycles. The van der Waals surface area contributed by atoms with Crippen molar-refractivity contribution in [1.82, 2.24) is 9.80 Å². The maximum atomic E-state index is 5.91. The zero-order chi connectivity index (χ0) is 11.3. The van der Waals surface area contributed by atoms with E-state index in [2.05, 4.69) is 30.7 Å². The minimum Gasteiger partial charge on any atom is -0.329 e. The van der Waals surface area contributed by atoms with Gasteiger partial charge in [0.2, 0.25) is 0 Å². The van der Waals surface area contributed by atoms with Crippen LogP contribution < -0.4 is 5.73 Å². The van der Waals surface area contributed by atoms with Crippen LogP contribution in [-0.2, 0) is 0 Å². The second-order valence-electron chi connectivity index (χ2n) is 4.88. The molecule has 0 radical (unpaired) electrons. The van der Waals surface area contributed by atoms with E-state index in [1.807, 2.05) is 0 Å². The second kappa shape index (κ2) is 6.46. The molecule has 15 heavy (non-hydrogen) atoms. The van der Waals surface area contributed by atoms with E-state index in [0.717, 1.165) is 12.5 Å². The Kier molecular flexibility index (Phi) is 5.58. The molecule has 1 fully saturated rings. The molecule has 0 aromatic heterocycles. The average Bonchev–Trinajstić information content (AvgIpc) is 2.45. The van der Waals surface area contributed by atoms with Crippen LogP contribution in [0.3, 0.4) is 0 Å². The van der Waals surface area contributed by atoms with E-state index in [1.54, 1.807) is 0 Å². The third-order valence-corrected chi connectivity index (χ3v) is 3.77. The van der Waals surface area contributed by atoms with E-state index in [9.17, 15) is 0 Å². The quantitative estimate of drug-likeness (QED) is 0.756. The van der Waals surface area contributed by atoms with Crippen LogP contribution in [0.1, 0.15) is 26.7 Å². The van der Waals surface area contributed by atoms with Gasteiger partial charge in [-0.2, -0.15) is 0 Å². The molecule has 90 valence electrons. The molecular weight excluding hydrogens is 186 g/mol. The third kappa shape index (κ3) is 3.74. The van der Waals surface area contributed by atoms with Crippen molar-refractivity contribution in [3.8, 4) is 0 Å². The zero-order valence-electron chi connectivity index (χ0n) is 10.6. The summed E-state index contributed by atoms with van der Waals surface area (Å²) in [6, 6.07) is 0.585. The summed E-state index contributed by atoms with van der Waals surface area (Å²) >= 11 is 0. The highest BCUT2D eigenvalue weighted by Gasteiger charge is 2.23. The van der Waals surface area contributed by atoms with Crippen LogP contribution in [0.4, 0.5) is 0 Å². The molecule has 1 saturated heterocycles. The lowest BCUT2D eigenvalue weighted by Gasteiger charge is -2.33. The predicted molar refractivity (Wildman–Crippen MR) is 66.0 cm³/mol. The van der Waals surface area contributed by atoms with Crippen molar-refractivity contribution in [2.45, 2.75) is 32.7 Å². The first-order chi connectivity index (χ1) is 7.19. The highest BCUT2D eigenvalue weighted by molar-refractivity contribution is 4.80. The van der Waals surface area contributed by atoms with Crippen LogP contribution in [0.2, 0.25) is 0 Å². The predicted octanol–water partition coefficient (Wildman–Crippen LogP) is 0.997. The van der Waals surface area contributed by atoms with Crippen molar-refractivity contribution < 1.29 is 0 Å². The van der Waals surface area contributed by atoms with Gasteiger partial charge in [-0.25, -0.2) is 0 Å². The van der Waals surface area contributed by atoms with Gasteiger partial charge in [-0.15, -0.1) is 0 Å². The Morgan fingerprint density at radius 3 is 2.53 bits per heavy atom. The first kappa shape index (κ1) is 12.9. The number of nitrogens with two attached hydrogens (primary N) is 1. The van der Waals surface area contributed by atoms with E-state index < -0.39 is 0 Å². The van der Waals surface area contributed by atoms with Gasteiger partial charge in [-0.05, 0) is 32.5 Å². The fraction of sp³-hybridized carbons (Fsp3) is 1.00. The smallest absolute Gasteiger partial charge is 0.0244 e. The molecule has 0 amide bonds. The van der Waals surface area contributed by atoms with Crippen LogP contribution in [0.15, 0.2) is 0 Å². The van der Waals surface area contributed by atoms with E-state index in [4.69, 9.17) is 5.73 Å². The van der Waals surface area contributed by atoms with Gasteiger partial charge in [0.05, 0.1) is 0 Å². The van der Waals surface area contributed by atoms with E-state index in [-0.39, 0.29) is 0 Å². The Balaban J connectivity index is 2.51. The largest absolute Gasteiger partial charge is 0.329 e. The Morgan fingerprint density at radius 2 is 1.93 bits per heavy atom. The highest BCUT2D eigenvalue weighted by atomic mass is 15.2. The summed E-state index contributed by atoms with van der Waals surface area (Å²) in [6.07, 6.45) is 2.51. The maximum Gasteiger partial charge on any atom is 0.0244 e. The average molecular weight is 213 g/mol. The molecule has 0 bridgehead atoms. The molecule has 1 rings (SSSR count). The molecule has 2 N–H and O–H groups in total. The van der Waals surface area contributed by atoms with Gasteiger partial charge in [-0.3, -0.25) is 4.90 Å². The Morgan fingerprint density at radius 1 is 1.20 bits per heavy atom. The van der Waals surface area contributed by atoms with Crippen molar-refractivity contribution in [1.29, 1.82) is 0 Å². The van der Waals surface area contributed by atoms with Gasteiger partial charge >= 0.3 is 0 Å². The highest BCUT2D eigenvalue weighted by Crippen LogP contribution is 2.15. The van der Waals surface area contributed by atoms with Crippen LogP contribution >= 0.6 is 0 Å². The number of likely N-dealkylation sites (N-methyl/N-ethyl adjacent to an activating group) is 1. The van der Waals surface area contributed by atoms with Crippen LogP contribution in [-0.4, -0.2) is 55.6 Å². The summed E-state index contributed by atoms with van der Waals surface area (Å²) in [7, 11) is 2.21. The minimum atomic E-state index is 0.585. The summed E-state index contributed by atoms with van der Waals surface area (Å²) in [5, 5.41) is 0. The van der Waals surface area contributed by atoms with Crippen molar-refractivity contribution in [2.75, 3.05) is 39.8 Å². The van der Waals surface area contributed by atoms with Crippen LogP contribution in [0, 0.1) is 5.92 Å². The lowest BCUT2D eigenvalue weighted by molar-refractivity contribution is 0.155. The summed E-state index contributed by atoms with van der Waals surface area (Å²) in [5.41, 5.74) is 5.91. The van der Waals surface area contributed by atoms with Gasteiger partial charge in [0.15, 0.2) is 0 Å². The molecule has 1 aliphatic heterocycles. The number of rotatable bonds is 4. The summed E-state index contributed by atoms with van der Waals surface area (Å²) in [6.45, 7) is 10.2. The summed E-state index contributed by atoms with van der Waals surface area (Å²) in [5.74, 6) is 0.721. The molecule has 2 atom stereocenters. The summed E-state index contributed by atoms with van der Waals surface area (Å²) < 4.78 is 0. The van der Waals surface area contributed by atoms with Crippen LogP contribution in [0.25, 0.3) is 0 Å². The van der Waals surface area contributed by atoms with Gasteiger partial charge in [0.1, 0.15) is 0 Å². The Hall–Kier alpha value is -0.120. The molecular formula is C12H27N3. The molecule has 1 heterocycles. The van der Waals surface area contributed by atoms with Crippen LogP contribution in [0.5, 0.6) is 0 Å². The zero-order valence-corrected chi connectivity index (χ0v) is 10.6. The molecule has 0 saturated carbocycles. The first-order valence-corrected chi connectivity index (χ1v) is 6.31. The number of hydrogen-bond acceptors (Lipinski definition) is 3. The van der Waals surface area contributed by atoms with Gasteiger partial charge in [-0.1, -0.05) is 20.3 Å². The molecule has 0 aromatic rings. The molecule has 3 heteroatoms. The monoisotopic (exact) mass is 213 g/mol. The van der Waals surface area contributed by atoms with E-state index in [0.29, 0.717) is 6.04 Å². The SMILES string of the molecule is CCC(C)C(CN)N1CCCN(C)CC1. The Bertz CT molecular complexity index is 172. The van der Waals surface area contributed by atoms with E-state index >= 15 is 0 Å². The van der Waals surface area contributed by atoms with Crippen molar-refractivity contribution in [3.05, 3.63) is 0 Å². The molecule has 3 nitrogen and oxygen atoms in total. The van der Waals surface area contributed by atoms with Gasteiger partial charge < -0.3 is 10.6 Å². The molecule has 0 aliphatic carbocycles. The summed E-state index contributed by atoms with van der Waals surface area (Å²) in [4.78, 5) is 5.02. The lowest BCUT2D eigenvalue weighted by atomic mass is 9.97. The van der Waals surface area contributed by atoms with Crippen molar-refractivity contribution >= 4 is 0 Å². The fourth-order valence-electron chi connectivity index (χ4n) is 2.41. The van der Waals surface area contributed by atoms with E-state index in [1.165, 1.54) is 39.0 Å². The first-order valence-electron chi connectivity index (χ1n) is 6.31. The van der Waals surface area contributed by atoms with Crippen molar-refractivity contribution in [3.63, 3.8) is 0 Å². The topological polar surface area (TPSA) is 32.5 Å². The molecule has 0 spiro atoms. The fourth-order valence-corrected chi connectivity index (χ4v) is 2.41. The second-order valence-corrected chi connectivity index (χ2v) is 4.88.